The fourth-order valence-corrected chi connectivity index (χ4v) is 3.78. The molecule has 0 spiro atoms. The van der Waals surface area contributed by atoms with Crippen LogP contribution in [0.4, 0.5) is 0 Å². The SMILES string of the molecule is COC1CN(CC2(CS)CCCC2)CC1OC. The van der Waals surface area contributed by atoms with E-state index in [0.717, 1.165) is 25.4 Å². The van der Waals surface area contributed by atoms with Crippen LogP contribution in [0.15, 0.2) is 0 Å². The number of thiol groups is 1. The third-order valence-corrected chi connectivity index (χ3v) is 5.13. The molecular formula is C13H25NO2S. The van der Waals surface area contributed by atoms with Crippen molar-refractivity contribution in [2.45, 2.75) is 37.9 Å². The van der Waals surface area contributed by atoms with Crippen LogP contribution in [-0.2, 0) is 9.47 Å². The summed E-state index contributed by atoms with van der Waals surface area (Å²) in [7, 11) is 3.56. The van der Waals surface area contributed by atoms with Gasteiger partial charge in [0.15, 0.2) is 0 Å². The Balaban J connectivity index is 1.91. The van der Waals surface area contributed by atoms with Gasteiger partial charge in [-0.05, 0) is 24.0 Å². The first-order valence-electron chi connectivity index (χ1n) is 6.62. The number of rotatable bonds is 5. The molecule has 2 unspecified atom stereocenters. The summed E-state index contributed by atoms with van der Waals surface area (Å²) in [5.41, 5.74) is 0.448. The molecule has 0 radical (unpaired) electrons. The van der Waals surface area contributed by atoms with Gasteiger partial charge in [-0.15, -0.1) is 0 Å². The van der Waals surface area contributed by atoms with E-state index in [2.05, 4.69) is 17.5 Å². The van der Waals surface area contributed by atoms with Crippen molar-refractivity contribution in [2.75, 3.05) is 39.6 Å². The minimum Gasteiger partial charge on any atom is -0.377 e. The molecule has 0 aromatic heterocycles. The second-order valence-electron chi connectivity index (χ2n) is 5.61. The Bertz CT molecular complexity index is 232. The van der Waals surface area contributed by atoms with E-state index in [1.807, 2.05) is 0 Å². The first kappa shape index (κ1) is 13.7. The third-order valence-electron chi connectivity index (χ3n) is 4.46. The quantitative estimate of drug-likeness (QED) is 0.761. The summed E-state index contributed by atoms with van der Waals surface area (Å²) in [5.74, 6) is 1.01. The van der Waals surface area contributed by atoms with E-state index in [0.29, 0.717) is 5.41 Å². The number of ether oxygens (including phenoxy) is 2. The van der Waals surface area contributed by atoms with Crippen molar-refractivity contribution >= 4 is 12.6 Å². The third kappa shape index (κ3) is 2.98. The molecule has 2 rings (SSSR count). The highest BCUT2D eigenvalue weighted by molar-refractivity contribution is 7.80. The van der Waals surface area contributed by atoms with Gasteiger partial charge in [-0.2, -0.15) is 12.6 Å². The van der Waals surface area contributed by atoms with Crippen LogP contribution in [0.2, 0.25) is 0 Å². The first-order chi connectivity index (χ1) is 8.23. The zero-order valence-corrected chi connectivity index (χ0v) is 11.9. The molecule has 0 bridgehead atoms. The van der Waals surface area contributed by atoms with Crippen molar-refractivity contribution < 1.29 is 9.47 Å². The van der Waals surface area contributed by atoms with Gasteiger partial charge in [0, 0.05) is 33.9 Å². The lowest BCUT2D eigenvalue weighted by Gasteiger charge is -2.32. The van der Waals surface area contributed by atoms with Gasteiger partial charge in [0.2, 0.25) is 0 Å². The Labute approximate surface area is 110 Å². The first-order valence-corrected chi connectivity index (χ1v) is 7.25. The Hall–Kier alpha value is 0.230. The minimum atomic E-state index is 0.235. The lowest BCUT2D eigenvalue weighted by molar-refractivity contribution is -0.00461. The normalized spacial score (nSPS) is 33.4. The van der Waals surface area contributed by atoms with Crippen LogP contribution in [0.25, 0.3) is 0 Å². The van der Waals surface area contributed by atoms with Crippen LogP contribution < -0.4 is 0 Å². The Kier molecular flexibility index (Phi) is 4.75. The summed E-state index contributed by atoms with van der Waals surface area (Å²) in [6.07, 6.45) is 5.88. The van der Waals surface area contributed by atoms with E-state index >= 15 is 0 Å². The van der Waals surface area contributed by atoms with Crippen molar-refractivity contribution in [3.8, 4) is 0 Å². The number of methoxy groups -OCH3 is 2. The average Bonchev–Trinajstić information content (AvgIpc) is 2.96. The smallest absolute Gasteiger partial charge is 0.0971 e. The molecule has 0 aromatic rings. The van der Waals surface area contributed by atoms with E-state index in [1.165, 1.54) is 25.7 Å². The van der Waals surface area contributed by atoms with Crippen LogP contribution in [0.3, 0.4) is 0 Å². The van der Waals surface area contributed by atoms with Gasteiger partial charge in [0.25, 0.3) is 0 Å². The van der Waals surface area contributed by atoms with Gasteiger partial charge in [0.05, 0.1) is 12.2 Å². The highest BCUT2D eigenvalue weighted by Crippen LogP contribution is 2.40. The summed E-state index contributed by atoms with van der Waals surface area (Å²) in [6, 6.07) is 0. The lowest BCUT2D eigenvalue weighted by Crippen LogP contribution is -2.37. The molecule has 2 fully saturated rings. The highest BCUT2D eigenvalue weighted by Gasteiger charge is 2.39. The predicted molar refractivity (Wildman–Crippen MR) is 72.8 cm³/mol. The van der Waals surface area contributed by atoms with Crippen LogP contribution in [0.1, 0.15) is 25.7 Å². The Morgan fingerprint density at radius 1 is 1.12 bits per heavy atom. The van der Waals surface area contributed by atoms with Gasteiger partial charge >= 0.3 is 0 Å². The molecule has 1 aliphatic heterocycles. The van der Waals surface area contributed by atoms with Gasteiger partial charge in [-0.3, -0.25) is 4.90 Å². The maximum atomic E-state index is 5.49. The molecule has 1 saturated heterocycles. The molecule has 4 heteroatoms. The molecular weight excluding hydrogens is 234 g/mol. The van der Waals surface area contributed by atoms with Gasteiger partial charge < -0.3 is 9.47 Å². The van der Waals surface area contributed by atoms with Crippen molar-refractivity contribution in [2.24, 2.45) is 5.41 Å². The van der Waals surface area contributed by atoms with Crippen LogP contribution >= 0.6 is 12.6 Å². The fraction of sp³-hybridized carbons (Fsp3) is 1.00. The average molecular weight is 259 g/mol. The summed E-state index contributed by atoms with van der Waals surface area (Å²) in [4.78, 5) is 2.50. The maximum absolute atomic E-state index is 5.49. The summed E-state index contributed by atoms with van der Waals surface area (Å²) >= 11 is 4.58. The summed E-state index contributed by atoms with van der Waals surface area (Å²) < 4.78 is 11.0. The summed E-state index contributed by atoms with van der Waals surface area (Å²) in [6.45, 7) is 3.17. The molecule has 0 N–H and O–H groups in total. The number of hydrogen-bond donors (Lipinski definition) is 1. The van der Waals surface area contributed by atoms with Crippen molar-refractivity contribution in [3.05, 3.63) is 0 Å². The van der Waals surface area contributed by atoms with Gasteiger partial charge in [-0.25, -0.2) is 0 Å². The standard InChI is InChI=1S/C13H25NO2S/c1-15-11-7-14(8-12(11)16-2)9-13(10-17)5-3-4-6-13/h11-12,17H,3-10H2,1-2H3. The molecule has 2 aliphatic rings. The van der Waals surface area contributed by atoms with Crippen molar-refractivity contribution in [1.29, 1.82) is 0 Å². The van der Waals surface area contributed by atoms with Crippen molar-refractivity contribution in [1.82, 2.24) is 4.90 Å². The second kappa shape index (κ2) is 5.91. The summed E-state index contributed by atoms with van der Waals surface area (Å²) in [5, 5.41) is 0. The molecule has 17 heavy (non-hydrogen) atoms. The maximum Gasteiger partial charge on any atom is 0.0971 e. The molecule has 3 nitrogen and oxygen atoms in total. The van der Waals surface area contributed by atoms with Gasteiger partial charge in [-0.1, -0.05) is 12.8 Å². The second-order valence-corrected chi connectivity index (χ2v) is 5.92. The number of hydrogen-bond acceptors (Lipinski definition) is 4. The number of nitrogens with zero attached hydrogens (tertiary/aromatic N) is 1. The van der Waals surface area contributed by atoms with Gasteiger partial charge in [0.1, 0.15) is 0 Å². The molecule has 1 aliphatic carbocycles. The molecule has 0 aromatic carbocycles. The molecule has 100 valence electrons. The molecule has 1 saturated carbocycles. The molecule has 0 amide bonds. The molecule has 2 atom stereocenters. The minimum absolute atomic E-state index is 0.235. The van der Waals surface area contributed by atoms with Crippen LogP contribution in [0, 0.1) is 5.41 Å². The topological polar surface area (TPSA) is 21.7 Å². The zero-order chi connectivity index (χ0) is 12.3. The molecule has 1 heterocycles. The lowest BCUT2D eigenvalue weighted by atomic mass is 9.88. The predicted octanol–water partition coefficient (Wildman–Crippen LogP) is 1.82. The van der Waals surface area contributed by atoms with E-state index in [9.17, 15) is 0 Å². The monoisotopic (exact) mass is 259 g/mol. The number of likely N-dealkylation sites (tertiary alicyclic amines) is 1. The Morgan fingerprint density at radius 2 is 1.65 bits per heavy atom. The Morgan fingerprint density at radius 3 is 2.06 bits per heavy atom. The highest BCUT2D eigenvalue weighted by atomic mass is 32.1. The largest absolute Gasteiger partial charge is 0.377 e. The van der Waals surface area contributed by atoms with Crippen LogP contribution in [-0.4, -0.2) is 56.7 Å². The van der Waals surface area contributed by atoms with E-state index in [4.69, 9.17) is 9.47 Å². The van der Waals surface area contributed by atoms with E-state index < -0.39 is 0 Å². The van der Waals surface area contributed by atoms with Crippen LogP contribution in [0.5, 0.6) is 0 Å². The van der Waals surface area contributed by atoms with Crippen molar-refractivity contribution in [3.63, 3.8) is 0 Å². The zero-order valence-electron chi connectivity index (χ0n) is 11.0. The van der Waals surface area contributed by atoms with E-state index in [1.54, 1.807) is 14.2 Å². The van der Waals surface area contributed by atoms with E-state index in [-0.39, 0.29) is 12.2 Å². The fourth-order valence-electron chi connectivity index (χ4n) is 3.37.